The molecule has 0 saturated heterocycles. The highest BCUT2D eigenvalue weighted by Gasteiger charge is 2.08. The van der Waals surface area contributed by atoms with Gasteiger partial charge in [0.05, 0.1) is 5.52 Å². The molecule has 74 valence electrons. The predicted molar refractivity (Wildman–Crippen MR) is 60.7 cm³/mol. The Hall–Kier alpha value is -0.580. The summed E-state index contributed by atoms with van der Waals surface area (Å²) in [4.78, 5) is 4.25. The molecule has 14 heavy (non-hydrogen) atoms. The van der Waals surface area contributed by atoms with Crippen molar-refractivity contribution in [3.63, 3.8) is 0 Å². The molecule has 0 amide bonds. The summed E-state index contributed by atoms with van der Waals surface area (Å²) in [5.74, 6) is 0.903. The normalized spacial score (nSPS) is 11.1. The van der Waals surface area contributed by atoms with Crippen molar-refractivity contribution >= 4 is 33.0 Å². The lowest BCUT2D eigenvalue weighted by atomic mass is 10.4. The van der Waals surface area contributed by atoms with E-state index in [-0.39, 0.29) is 0 Å². The number of imidazole rings is 1. The summed E-state index contributed by atoms with van der Waals surface area (Å²) in [6, 6.07) is 3.89. The van der Waals surface area contributed by atoms with Gasteiger partial charge >= 0.3 is 0 Å². The van der Waals surface area contributed by atoms with E-state index in [4.69, 9.17) is 17.3 Å². The van der Waals surface area contributed by atoms with Crippen molar-refractivity contribution in [1.82, 2.24) is 9.38 Å². The van der Waals surface area contributed by atoms with E-state index in [1.807, 2.05) is 22.7 Å². The Labute approximate surface area is 95.0 Å². The zero-order valence-electron chi connectivity index (χ0n) is 7.37. The van der Waals surface area contributed by atoms with E-state index in [1.54, 1.807) is 0 Å². The molecular formula is C9H9BrClN3. The molecule has 2 N–H and O–H groups in total. The van der Waals surface area contributed by atoms with Crippen LogP contribution >= 0.6 is 27.5 Å². The quantitative estimate of drug-likeness (QED) is 0.913. The predicted octanol–water partition coefficient (Wildman–Crippen LogP) is 2.25. The van der Waals surface area contributed by atoms with Crippen LogP contribution in [0.2, 0.25) is 5.15 Å². The van der Waals surface area contributed by atoms with Crippen LogP contribution in [0.15, 0.2) is 22.8 Å². The first-order chi connectivity index (χ1) is 6.72. The molecule has 2 aromatic heterocycles. The highest BCUT2D eigenvalue weighted by atomic mass is 79.9. The first kappa shape index (κ1) is 9.96. The molecule has 0 saturated carbocycles. The molecule has 0 fully saturated rings. The smallest absolute Gasteiger partial charge is 0.155 e. The maximum absolute atomic E-state index is 5.99. The molecule has 0 aliphatic rings. The number of hydrogen-bond acceptors (Lipinski definition) is 2. The third kappa shape index (κ3) is 1.65. The van der Waals surface area contributed by atoms with Crippen LogP contribution in [-0.4, -0.2) is 15.9 Å². The van der Waals surface area contributed by atoms with Gasteiger partial charge in [0.15, 0.2) is 5.15 Å². The lowest BCUT2D eigenvalue weighted by molar-refractivity contribution is 0.863. The van der Waals surface area contributed by atoms with Crippen molar-refractivity contribution in [2.24, 2.45) is 5.73 Å². The number of halogens is 2. The molecule has 0 unspecified atom stereocenters. The number of nitrogens with two attached hydrogens (primary N) is 1. The largest absolute Gasteiger partial charge is 0.330 e. The summed E-state index contributed by atoms with van der Waals surface area (Å²) >= 11 is 9.38. The van der Waals surface area contributed by atoms with Crippen LogP contribution in [0.25, 0.3) is 5.52 Å². The highest BCUT2D eigenvalue weighted by molar-refractivity contribution is 9.10. The number of fused-ring (bicyclic) bond motifs is 1. The summed E-state index contributed by atoms with van der Waals surface area (Å²) in [5, 5.41) is 0.523. The van der Waals surface area contributed by atoms with E-state index < -0.39 is 0 Å². The Morgan fingerprint density at radius 3 is 3.07 bits per heavy atom. The van der Waals surface area contributed by atoms with Crippen molar-refractivity contribution in [1.29, 1.82) is 0 Å². The molecular weight excluding hydrogens is 265 g/mol. The topological polar surface area (TPSA) is 43.3 Å². The highest BCUT2D eigenvalue weighted by Crippen LogP contribution is 2.21. The SMILES string of the molecule is NCCc1nc(Cl)c2cc(Br)ccn12. The van der Waals surface area contributed by atoms with E-state index in [0.717, 1.165) is 22.2 Å². The van der Waals surface area contributed by atoms with Gasteiger partial charge in [-0.1, -0.05) is 27.5 Å². The second-order valence-electron chi connectivity index (χ2n) is 2.96. The Morgan fingerprint density at radius 2 is 2.36 bits per heavy atom. The lowest BCUT2D eigenvalue weighted by Gasteiger charge is -1.98. The van der Waals surface area contributed by atoms with E-state index in [0.29, 0.717) is 11.7 Å². The first-order valence-electron chi connectivity index (χ1n) is 4.24. The fourth-order valence-corrected chi connectivity index (χ4v) is 1.97. The average Bonchev–Trinajstić information content (AvgIpc) is 2.44. The van der Waals surface area contributed by atoms with E-state index in [1.165, 1.54) is 0 Å². The van der Waals surface area contributed by atoms with Gasteiger partial charge in [-0.2, -0.15) is 0 Å². The third-order valence-electron chi connectivity index (χ3n) is 2.00. The molecule has 0 aliphatic carbocycles. The minimum atomic E-state index is 0.523. The van der Waals surface area contributed by atoms with Crippen molar-refractivity contribution in [2.45, 2.75) is 6.42 Å². The Bertz CT molecular complexity index is 466. The Balaban J connectivity index is 2.65. The molecule has 0 atom stereocenters. The van der Waals surface area contributed by atoms with Crippen LogP contribution in [0.4, 0.5) is 0 Å². The van der Waals surface area contributed by atoms with Crippen molar-refractivity contribution in [3.05, 3.63) is 33.8 Å². The monoisotopic (exact) mass is 273 g/mol. The number of nitrogens with zero attached hydrogens (tertiary/aromatic N) is 2. The van der Waals surface area contributed by atoms with Gasteiger partial charge in [0.1, 0.15) is 5.82 Å². The van der Waals surface area contributed by atoms with Gasteiger partial charge < -0.3 is 10.1 Å². The van der Waals surface area contributed by atoms with Gasteiger partial charge in [-0.15, -0.1) is 0 Å². The number of hydrogen-bond donors (Lipinski definition) is 1. The molecule has 0 aromatic carbocycles. The zero-order chi connectivity index (χ0) is 10.1. The molecule has 3 nitrogen and oxygen atoms in total. The van der Waals surface area contributed by atoms with E-state index in [2.05, 4.69) is 20.9 Å². The average molecular weight is 275 g/mol. The number of rotatable bonds is 2. The molecule has 0 aliphatic heterocycles. The molecule has 2 aromatic rings. The van der Waals surface area contributed by atoms with Crippen LogP contribution in [-0.2, 0) is 6.42 Å². The molecule has 2 heterocycles. The molecule has 2 rings (SSSR count). The van der Waals surface area contributed by atoms with Crippen molar-refractivity contribution in [3.8, 4) is 0 Å². The molecule has 0 radical (unpaired) electrons. The second-order valence-corrected chi connectivity index (χ2v) is 4.23. The number of aromatic nitrogens is 2. The first-order valence-corrected chi connectivity index (χ1v) is 5.41. The van der Waals surface area contributed by atoms with Crippen LogP contribution in [0.5, 0.6) is 0 Å². The minimum absolute atomic E-state index is 0.523. The third-order valence-corrected chi connectivity index (χ3v) is 2.77. The second kappa shape index (κ2) is 3.88. The summed E-state index contributed by atoms with van der Waals surface area (Å²) in [7, 11) is 0. The van der Waals surface area contributed by atoms with Gasteiger partial charge in [0.2, 0.25) is 0 Å². The van der Waals surface area contributed by atoms with Crippen LogP contribution < -0.4 is 5.73 Å². The molecule has 0 spiro atoms. The Morgan fingerprint density at radius 1 is 1.57 bits per heavy atom. The minimum Gasteiger partial charge on any atom is -0.330 e. The maximum Gasteiger partial charge on any atom is 0.155 e. The van der Waals surface area contributed by atoms with Crippen LogP contribution in [0, 0.1) is 0 Å². The van der Waals surface area contributed by atoms with Gasteiger partial charge in [-0.3, -0.25) is 0 Å². The van der Waals surface area contributed by atoms with Gasteiger partial charge in [0.25, 0.3) is 0 Å². The van der Waals surface area contributed by atoms with Gasteiger partial charge in [-0.05, 0) is 18.7 Å². The van der Waals surface area contributed by atoms with Crippen LogP contribution in [0.1, 0.15) is 5.82 Å². The van der Waals surface area contributed by atoms with E-state index >= 15 is 0 Å². The fourth-order valence-electron chi connectivity index (χ4n) is 1.39. The number of pyridine rings is 1. The van der Waals surface area contributed by atoms with Gasteiger partial charge in [-0.25, -0.2) is 4.98 Å². The van der Waals surface area contributed by atoms with E-state index in [9.17, 15) is 0 Å². The lowest BCUT2D eigenvalue weighted by Crippen LogP contribution is -2.06. The standard InChI is InChI=1S/C9H9BrClN3/c10-6-2-4-14-7(5-6)9(11)13-8(14)1-3-12/h2,4-5H,1,3,12H2. The van der Waals surface area contributed by atoms with Gasteiger partial charge in [0, 0.05) is 17.1 Å². The zero-order valence-corrected chi connectivity index (χ0v) is 9.72. The van der Waals surface area contributed by atoms with Crippen LogP contribution in [0.3, 0.4) is 0 Å². The Kier molecular flexibility index (Phi) is 2.76. The fraction of sp³-hybridized carbons (Fsp3) is 0.222. The summed E-state index contributed by atoms with van der Waals surface area (Å²) in [5.41, 5.74) is 6.39. The van der Waals surface area contributed by atoms with Crippen molar-refractivity contribution in [2.75, 3.05) is 6.54 Å². The maximum atomic E-state index is 5.99. The molecule has 5 heteroatoms. The summed E-state index contributed by atoms with van der Waals surface area (Å²) < 4.78 is 2.95. The summed E-state index contributed by atoms with van der Waals surface area (Å²) in [6.45, 7) is 0.575. The summed E-state index contributed by atoms with van der Waals surface area (Å²) in [6.07, 6.45) is 2.67. The van der Waals surface area contributed by atoms with Crippen molar-refractivity contribution < 1.29 is 0 Å². The molecule has 0 bridgehead atoms.